The molecule has 0 aliphatic rings. The first kappa shape index (κ1) is 13.0. The first-order valence-corrected chi connectivity index (χ1v) is 5.90. The van der Waals surface area contributed by atoms with Crippen LogP contribution in [-0.2, 0) is 0 Å². The van der Waals surface area contributed by atoms with Crippen molar-refractivity contribution in [3.05, 3.63) is 48.8 Å². The number of allylic oxidation sites excluding steroid dienone is 2. The van der Waals surface area contributed by atoms with Crippen molar-refractivity contribution in [2.45, 2.75) is 13.8 Å². The molecule has 0 saturated carbocycles. The van der Waals surface area contributed by atoms with Crippen LogP contribution in [0.15, 0.2) is 53.8 Å². The molecular formula is C14H16N4O. The highest BCUT2D eigenvalue weighted by Gasteiger charge is 2.09. The van der Waals surface area contributed by atoms with Crippen molar-refractivity contribution in [1.29, 1.82) is 0 Å². The summed E-state index contributed by atoms with van der Waals surface area (Å²) < 4.78 is 1.71. The third-order valence-corrected chi connectivity index (χ3v) is 2.63. The van der Waals surface area contributed by atoms with Crippen LogP contribution in [0, 0.1) is 0 Å². The highest BCUT2D eigenvalue weighted by molar-refractivity contribution is 6.04. The van der Waals surface area contributed by atoms with Crippen molar-refractivity contribution in [3.8, 4) is 0 Å². The Morgan fingerprint density at radius 2 is 2.32 bits per heavy atom. The fraction of sp³-hybridized carbons (Fsp3) is 0.143. The van der Waals surface area contributed by atoms with Crippen LogP contribution in [-0.4, -0.2) is 20.8 Å². The van der Waals surface area contributed by atoms with Gasteiger partial charge in [0.25, 0.3) is 0 Å². The lowest BCUT2D eigenvalue weighted by Gasteiger charge is -2.07. The van der Waals surface area contributed by atoms with E-state index in [1.54, 1.807) is 29.2 Å². The molecule has 5 nitrogen and oxygen atoms in total. The number of benzene rings is 1. The molecule has 98 valence electrons. The second-order valence-corrected chi connectivity index (χ2v) is 4.16. The zero-order chi connectivity index (χ0) is 13.8. The number of hydrogen-bond acceptors (Lipinski definition) is 4. The molecule has 1 aromatic heterocycles. The van der Waals surface area contributed by atoms with Crippen LogP contribution in [0.1, 0.15) is 13.8 Å². The molecule has 0 spiro atoms. The summed E-state index contributed by atoms with van der Waals surface area (Å²) in [7, 11) is 0. The SMILES string of the molecule is C=C(C)C(=N/C=C\C)n1ncc2ccc(NO)cc21. The minimum Gasteiger partial charge on any atom is -0.291 e. The lowest BCUT2D eigenvalue weighted by atomic mass is 10.2. The normalized spacial score (nSPS) is 12.3. The molecule has 0 saturated heterocycles. The Balaban J connectivity index is 2.63. The number of rotatable bonds is 3. The Hall–Kier alpha value is -2.40. The summed E-state index contributed by atoms with van der Waals surface area (Å²) >= 11 is 0. The number of aromatic nitrogens is 2. The maximum absolute atomic E-state index is 8.98. The van der Waals surface area contributed by atoms with E-state index < -0.39 is 0 Å². The van der Waals surface area contributed by atoms with Gasteiger partial charge < -0.3 is 0 Å². The van der Waals surface area contributed by atoms with E-state index in [1.807, 2.05) is 26.0 Å². The van der Waals surface area contributed by atoms with Crippen LogP contribution in [0.2, 0.25) is 0 Å². The smallest absolute Gasteiger partial charge is 0.156 e. The summed E-state index contributed by atoms with van der Waals surface area (Å²) in [6.45, 7) is 7.70. The first-order chi connectivity index (χ1) is 9.17. The van der Waals surface area contributed by atoms with Crippen LogP contribution in [0.3, 0.4) is 0 Å². The second-order valence-electron chi connectivity index (χ2n) is 4.16. The standard InChI is InChI=1S/C14H16N4O/c1-4-7-15-14(10(2)3)18-13-8-12(17-19)6-5-11(13)9-16-18/h4-9,17,19H,2H2,1,3H3/b7-4-,15-14?. The van der Waals surface area contributed by atoms with Gasteiger partial charge in [-0.3, -0.25) is 10.7 Å². The third-order valence-electron chi connectivity index (χ3n) is 2.63. The molecule has 0 bridgehead atoms. The fourth-order valence-electron chi connectivity index (χ4n) is 1.75. The van der Waals surface area contributed by atoms with E-state index in [2.05, 4.69) is 22.2 Å². The average molecular weight is 256 g/mol. The van der Waals surface area contributed by atoms with Gasteiger partial charge in [0.1, 0.15) is 0 Å². The topological polar surface area (TPSA) is 62.4 Å². The third kappa shape index (κ3) is 2.56. The lowest BCUT2D eigenvalue weighted by molar-refractivity contribution is 0.389. The summed E-state index contributed by atoms with van der Waals surface area (Å²) in [5.41, 5.74) is 4.39. The molecule has 0 radical (unpaired) electrons. The highest BCUT2D eigenvalue weighted by atomic mass is 16.5. The quantitative estimate of drug-likeness (QED) is 0.503. The predicted molar refractivity (Wildman–Crippen MR) is 77.6 cm³/mol. The van der Waals surface area contributed by atoms with Crippen molar-refractivity contribution in [2.75, 3.05) is 5.48 Å². The summed E-state index contributed by atoms with van der Waals surface area (Å²) in [5, 5.41) is 14.3. The molecule has 0 fully saturated rings. The van der Waals surface area contributed by atoms with Gasteiger partial charge in [-0.25, -0.2) is 9.67 Å². The molecule has 2 aromatic rings. The highest BCUT2D eigenvalue weighted by Crippen LogP contribution is 2.19. The van der Waals surface area contributed by atoms with Crippen molar-refractivity contribution < 1.29 is 5.21 Å². The van der Waals surface area contributed by atoms with E-state index in [0.29, 0.717) is 11.5 Å². The van der Waals surface area contributed by atoms with Crippen LogP contribution in [0.25, 0.3) is 10.9 Å². The molecule has 0 aliphatic heterocycles. The molecule has 2 N–H and O–H groups in total. The number of fused-ring (bicyclic) bond motifs is 1. The van der Waals surface area contributed by atoms with Crippen molar-refractivity contribution >= 4 is 22.4 Å². The van der Waals surface area contributed by atoms with Crippen molar-refractivity contribution in [2.24, 2.45) is 4.99 Å². The van der Waals surface area contributed by atoms with Crippen LogP contribution < -0.4 is 5.48 Å². The molecular weight excluding hydrogens is 240 g/mol. The van der Waals surface area contributed by atoms with Gasteiger partial charge in [-0.05, 0) is 37.6 Å². The molecule has 1 heterocycles. The maximum Gasteiger partial charge on any atom is 0.156 e. The van der Waals surface area contributed by atoms with Crippen LogP contribution in [0.5, 0.6) is 0 Å². The van der Waals surface area contributed by atoms with Gasteiger partial charge in [-0.2, -0.15) is 5.10 Å². The van der Waals surface area contributed by atoms with E-state index >= 15 is 0 Å². The van der Waals surface area contributed by atoms with Crippen molar-refractivity contribution in [1.82, 2.24) is 9.78 Å². The minimum atomic E-state index is 0.598. The van der Waals surface area contributed by atoms with Gasteiger partial charge >= 0.3 is 0 Å². The van der Waals surface area contributed by atoms with Crippen LogP contribution >= 0.6 is 0 Å². The van der Waals surface area contributed by atoms with E-state index in [4.69, 9.17) is 5.21 Å². The maximum atomic E-state index is 8.98. The van der Waals surface area contributed by atoms with Gasteiger partial charge in [0.15, 0.2) is 5.84 Å². The molecule has 5 heteroatoms. The summed E-state index contributed by atoms with van der Waals surface area (Å²) in [5.74, 6) is 0.670. The zero-order valence-corrected chi connectivity index (χ0v) is 11.0. The Morgan fingerprint density at radius 3 is 2.95 bits per heavy atom. The number of hydrogen-bond donors (Lipinski definition) is 2. The minimum absolute atomic E-state index is 0.598. The first-order valence-electron chi connectivity index (χ1n) is 5.90. The molecule has 0 unspecified atom stereocenters. The van der Waals surface area contributed by atoms with Gasteiger partial charge in [0, 0.05) is 11.6 Å². The summed E-state index contributed by atoms with van der Waals surface area (Å²) in [4.78, 5) is 4.34. The molecule has 0 amide bonds. The number of aliphatic imine (C=N–C) groups is 1. The fourth-order valence-corrected chi connectivity index (χ4v) is 1.75. The average Bonchev–Trinajstić information content (AvgIpc) is 2.82. The Morgan fingerprint density at radius 1 is 1.53 bits per heavy atom. The Kier molecular flexibility index (Phi) is 3.77. The number of nitrogens with zero attached hydrogens (tertiary/aromatic N) is 3. The van der Waals surface area contributed by atoms with Gasteiger partial charge in [-0.1, -0.05) is 12.7 Å². The molecule has 19 heavy (non-hydrogen) atoms. The number of anilines is 1. The number of nitrogens with one attached hydrogen (secondary N) is 1. The monoisotopic (exact) mass is 256 g/mol. The van der Waals surface area contributed by atoms with Crippen LogP contribution in [0.4, 0.5) is 5.69 Å². The summed E-state index contributed by atoms with van der Waals surface area (Å²) in [6.07, 6.45) is 5.30. The molecule has 0 aliphatic carbocycles. The Bertz CT molecular complexity index is 667. The molecule has 0 atom stereocenters. The predicted octanol–water partition coefficient (Wildman–Crippen LogP) is 3.19. The second kappa shape index (κ2) is 5.49. The van der Waals surface area contributed by atoms with Crippen molar-refractivity contribution in [3.63, 3.8) is 0 Å². The largest absolute Gasteiger partial charge is 0.291 e. The Labute approximate surface area is 111 Å². The molecule has 2 rings (SSSR count). The summed E-state index contributed by atoms with van der Waals surface area (Å²) in [6, 6.07) is 5.46. The molecule has 1 aromatic carbocycles. The zero-order valence-electron chi connectivity index (χ0n) is 11.0. The van der Waals surface area contributed by atoms with E-state index in [0.717, 1.165) is 16.5 Å². The van der Waals surface area contributed by atoms with E-state index in [-0.39, 0.29) is 0 Å². The lowest BCUT2D eigenvalue weighted by Crippen LogP contribution is -2.14. The van der Waals surface area contributed by atoms with Gasteiger partial charge in [0.2, 0.25) is 0 Å². The van der Waals surface area contributed by atoms with E-state index in [1.165, 1.54) is 0 Å². The van der Waals surface area contributed by atoms with Gasteiger partial charge in [0.05, 0.1) is 17.4 Å². The van der Waals surface area contributed by atoms with E-state index in [9.17, 15) is 0 Å². The van der Waals surface area contributed by atoms with Gasteiger partial charge in [-0.15, -0.1) is 0 Å².